The van der Waals surface area contributed by atoms with E-state index in [-0.39, 0.29) is 30.0 Å². The van der Waals surface area contributed by atoms with Crippen molar-refractivity contribution in [2.24, 2.45) is 0 Å². The van der Waals surface area contributed by atoms with Crippen LogP contribution in [0.3, 0.4) is 0 Å². The molecule has 0 aromatic heterocycles. The molecule has 0 spiro atoms. The summed E-state index contributed by atoms with van der Waals surface area (Å²) in [5.41, 5.74) is 1.30. The second-order valence-electron chi connectivity index (χ2n) is 7.93. The van der Waals surface area contributed by atoms with E-state index in [1.165, 1.54) is 36.4 Å². The van der Waals surface area contributed by atoms with Crippen LogP contribution in [0.15, 0.2) is 54.6 Å². The van der Waals surface area contributed by atoms with Crippen molar-refractivity contribution >= 4 is 52.6 Å². The normalized spacial score (nSPS) is 13.6. The van der Waals surface area contributed by atoms with Crippen LogP contribution in [0, 0.1) is 0 Å². The number of hydrogen-bond donors (Lipinski definition) is 1. The first kappa shape index (κ1) is 23.7. The summed E-state index contributed by atoms with van der Waals surface area (Å²) in [5.74, 6) is -1.33. The molecule has 1 N–H and O–H groups in total. The van der Waals surface area contributed by atoms with Gasteiger partial charge in [0.1, 0.15) is 0 Å². The van der Waals surface area contributed by atoms with Crippen LogP contribution in [0.25, 0.3) is 0 Å². The van der Waals surface area contributed by atoms with Gasteiger partial charge in [-0.25, -0.2) is 4.79 Å². The summed E-state index contributed by atoms with van der Waals surface area (Å²) in [6.07, 6.45) is 0. The number of anilines is 1. The van der Waals surface area contributed by atoms with Crippen molar-refractivity contribution in [1.29, 1.82) is 0 Å². The molecule has 0 unspecified atom stereocenters. The summed E-state index contributed by atoms with van der Waals surface area (Å²) >= 11 is 11.8. The van der Waals surface area contributed by atoms with E-state index in [2.05, 4.69) is 5.32 Å². The Labute approximate surface area is 214 Å². The van der Waals surface area contributed by atoms with Crippen LogP contribution in [0.1, 0.15) is 36.6 Å². The minimum absolute atomic E-state index is 0.0243. The highest BCUT2D eigenvalue weighted by Gasteiger charge is 2.36. The molecule has 36 heavy (non-hydrogen) atoms. The molecular formula is C25H16Cl2N2O7. The number of benzene rings is 3. The van der Waals surface area contributed by atoms with Crippen LogP contribution in [-0.4, -0.2) is 42.0 Å². The number of nitrogens with one attached hydrogen (secondary N) is 1. The largest absolute Gasteiger partial charge is 0.454 e. The van der Waals surface area contributed by atoms with Gasteiger partial charge in [0.25, 0.3) is 17.7 Å². The summed E-state index contributed by atoms with van der Waals surface area (Å²) < 4.78 is 15.7. The lowest BCUT2D eigenvalue weighted by Gasteiger charge is -2.14. The molecule has 0 atom stereocenters. The van der Waals surface area contributed by atoms with E-state index in [0.29, 0.717) is 32.8 Å². The molecule has 2 aliphatic heterocycles. The molecule has 3 aromatic rings. The number of nitrogens with zero attached hydrogens (tertiary/aromatic N) is 1. The Morgan fingerprint density at radius 1 is 0.889 bits per heavy atom. The number of imide groups is 1. The number of halogens is 2. The lowest BCUT2D eigenvalue weighted by Crippen LogP contribution is -2.29. The van der Waals surface area contributed by atoms with Crippen molar-refractivity contribution in [3.05, 3.63) is 86.9 Å². The summed E-state index contributed by atoms with van der Waals surface area (Å²) in [5, 5.41) is 3.19. The maximum atomic E-state index is 13.0. The fourth-order valence-corrected chi connectivity index (χ4v) is 4.35. The van der Waals surface area contributed by atoms with Crippen molar-refractivity contribution in [3.63, 3.8) is 0 Å². The van der Waals surface area contributed by atoms with E-state index in [1.807, 2.05) is 0 Å². The Hall–Kier alpha value is -4.08. The molecule has 0 radical (unpaired) electrons. The molecule has 3 amide bonds. The standard InChI is InChI=1S/C25H16Cl2N2O7/c26-15-7-16(27)9-17(8-15)28-22(30)11-34-25(33)14-2-3-18-19(6-14)24(32)29(23(18)31)10-13-1-4-20-21(5-13)36-12-35-20/h1-9H,10-12H2,(H,28,30). The smallest absolute Gasteiger partial charge is 0.338 e. The average Bonchev–Trinajstić information content (AvgIpc) is 3.40. The second-order valence-corrected chi connectivity index (χ2v) is 8.80. The van der Waals surface area contributed by atoms with Gasteiger partial charge in [-0.05, 0) is 54.1 Å². The molecule has 0 saturated carbocycles. The predicted molar refractivity (Wildman–Crippen MR) is 129 cm³/mol. The van der Waals surface area contributed by atoms with Crippen LogP contribution in [0.5, 0.6) is 11.5 Å². The highest BCUT2D eigenvalue weighted by molar-refractivity contribution is 6.35. The van der Waals surface area contributed by atoms with Crippen molar-refractivity contribution in [3.8, 4) is 11.5 Å². The van der Waals surface area contributed by atoms with Gasteiger partial charge in [0.2, 0.25) is 6.79 Å². The quantitative estimate of drug-likeness (QED) is 0.376. The van der Waals surface area contributed by atoms with Crippen LogP contribution < -0.4 is 14.8 Å². The van der Waals surface area contributed by atoms with Crippen LogP contribution in [-0.2, 0) is 16.1 Å². The van der Waals surface area contributed by atoms with Crippen molar-refractivity contribution in [2.45, 2.75) is 6.54 Å². The third kappa shape index (κ3) is 4.71. The Kier molecular flexibility index (Phi) is 6.26. The first-order valence-corrected chi connectivity index (χ1v) is 11.4. The molecule has 2 aliphatic rings. The molecule has 3 aromatic carbocycles. The molecule has 182 valence electrons. The van der Waals surface area contributed by atoms with E-state index in [1.54, 1.807) is 18.2 Å². The van der Waals surface area contributed by atoms with Gasteiger partial charge >= 0.3 is 5.97 Å². The van der Waals surface area contributed by atoms with Crippen molar-refractivity contribution < 1.29 is 33.4 Å². The first-order chi connectivity index (χ1) is 17.3. The third-order valence-electron chi connectivity index (χ3n) is 5.46. The van der Waals surface area contributed by atoms with Crippen LogP contribution >= 0.6 is 23.2 Å². The fraction of sp³-hybridized carbons (Fsp3) is 0.120. The van der Waals surface area contributed by atoms with E-state index in [9.17, 15) is 19.2 Å². The van der Waals surface area contributed by atoms with Gasteiger partial charge in [-0.15, -0.1) is 0 Å². The van der Waals surface area contributed by atoms with Gasteiger partial charge in [-0.2, -0.15) is 0 Å². The molecule has 0 saturated heterocycles. The van der Waals surface area contributed by atoms with Gasteiger partial charge in [0.05, 0.1) is 23.2 Å². The second kappa shape index (κ2) is 9.52. The highest BCUT2D eigenvalue weighted by Crippen LogP contribution is 2.34. The lowest BCUT2D eigenvalue weighted by molar-refractivity contribution is -0.119. The van der Waals surface area contributed by atoms with E-state index in [0.717, 1.165) is 4.90 Å². The molecule has 5 rings (SSSR count). The monoisotopic (exact) mass is 526 g/mol. The Balaban J connectivity index is 1.24. The first-order valence-electron chi connectivity index (χ1n) is 10.6. The SMILES string of the molecule is O=C(COC(=O)c1ccc2c(c1)C(=O)N(Cc1ccc3c(c1)OCO3)C2=O)Nc1cc(Cl)cc(Cl)c1. The van der Waals surface area contributed by atoms with E-state index >= 15 is 0 Å². The highest BCUT2D eigenvalue weighted by atomic mass is 35.5. The third-order valence-corrected chi connectivity index (χ3v) is 5.90. The number of esters is 1. The molecule has 11 heteroatoms. The zero-order valence-corrected chi connectivity index (χ0v) is 19.9. The maximum Gasteiger partial charge on any atom is 0.338 e. The number of ether oxygens (including phenoxy) is 3. The minimum atomic E-state index is -0.827. The Bertz CT molecular complexity index is 1420. The fourth-order valence-electron chi connectivity index (χ4n) is 3.82. The van der Waals surface area contributed by atoms with Crippen molar-refractivity contribution in [2.75, 3.05) is 18.7 Å². The number of rotatable bonds is 6. The Morgan fingerprint density at radius 2 is 1.61 bits per heavy atom. The zero-order chi connectivity index (χ0) is 25.4. The molecule has 0 aliphatic carbocycles. The average molecular weight is 527 g/mol. The van der Waals surface area contributed by atoms with Crippen LogP contribution in [0.4, 0.5) is 5.69 Å². The van der Waals surface area contributed by atoms with Gasteiger partial charge in [-0.1, -0.05) is 29.3 Å². The van der Waals surface area contributed by atoms with Gasteiger partial charge in [-0.3, -0.25) is 19.3 Å². The van der Waals surface area contributed by atoms with E-state index in [4.69, 9.17) is 37.4 Å². The minimum Gasteiger partial charge on any atom is -0.454 e. The molecule has 0 fully saturated rings. The summed E-state index contributed by atoms with van der Waals surface area (Å²) in [7, 11) is 0. The summed E-state index contributed by atoms with van der Waals surface area (Å²) in [6.45, 7) is -0.444. The van der Waals surface area contributed by atoms with Gasteiger partial charge in [0.15, 0.2) is 18.1 Å². The zero-order valence-electron chi connectivity index (χ0n) is 18.4. The lowest BCUT2D eigenvalue weighted by atomic mass is 10.1. The Morgan fingerprint density at radius 3 is 2.39 bits per heavy atom. The predicted octanol–water partition coefficient (Wildman–Crippen LogP) is 4.31. The number of hydrogen-bond acceptors (Lipinski definition) is 7. The topological polar surface area (TPSA) is 111 Å². The molecular weight excluding hydrogens is 511 g/mol. The molecule has 9 nitrogen and oxygen atoms in total. The number of carbonyl (C=O) groups is 4. The van der Waals surface area contributed by atoms with E-state index < -0.39 is 30.3 Å². The van der Waals surface area contributed by atoms with Crippen molar-refractivity contribution in [1.82, 2.24) is 4.90 Å². The number of carbonyl (C=O) groups excluding carboxylic acids is 4. The summed E-state index contributed by atoms with van der Waals surface area (Å²) in [6, 6.07) is 13.7. The van der Waals surface area contributed by atoms with Gasteiger partial charge in [0, 0.05) is 15.7 Å². The maximum absolute atomic E-state index is 13.0. The van der Waals surface area contributed by atoms with Crippen LogP contribution in [0.2, 0.25) is 10.0 Å². The molecule has 2 heterocycles. The molecule has 0 bridgehead atoms. The number of amides is 3. The summed E-state index contributed by atoms with van der Waals surface area (Å²) in [4.78, 5) is 51.5. The number of fused-ring (bicyclic) bond motifs is 2. The van der Waals surface area contributed by atoms with Gasteiger partial charge < -0.3 is 19.5 Å².